The monoisotopic (exact) mass is 247 g/mol. The Morgan fingerprint density at radius 2 is 2.06 bits per heavy atom. The molecule has 2 bridgehead atoms. The Hall–Kier alpha value is -1.13. The summed E-state index contributed by atoms with van der Waals surface area (Å²) >= 11 is 0. The van der Waals surface area contributed by atoms with Crippen LogP contribution in [0.1, 0.15) is 19.3 Å². The van der Waals surface area contributed by atoms with Gasteiger partial charge in [0.05, 0.1) is 0 Å². The summed E-state index contributed by atoms with van der Waals surface area (Å²) in [5, 5.41) is 3.68. The van der Waals surface area contributed by atoms with Crippen molar-refractivity contribution in [1.29, 1.82) is 0 Å². The molecule has 2 atom stereocenters. The van der Waals surface area contributed by atoms with E-state index < -0.39 is 0 Å². The van der Waals surface area contributed by atoms with Gasteiger partial charge in [0.15, 0.2) is 0 Å². The fourth-order valence-corrected chi connectivity index (χ4v) is 3.11. The summed E-state index contributed by atoms with van der Waals surface area (Å²) < 4.78 is 1.80. The van der Waals surface area contributed by atoms with Gasteiger partial charge >= 0.3 is 0 Å². The Labute approximate surface area is 108 Å². The average molecular weight is 247 g/mol. The van der Waals surface area contributed by atoms with Crippen molar-refractivity contribution in [2.24, 2.45) is 0 Å². The van der Waals surface area contributed by atoms with Gasteiger partial charge in [0.25, 0.3) is 5.56 Å². The van der Waals surface area contributed by atoms with Crippen LogP contribution < -0.4 is 10.9 Å². The van der Waals surface area contributed by atoms with Crippen molar-refractivity contribution in [3.63, 3.8) is 0 Å². The van der Waals surface area contributed by atoms with Crippen LogP contribution in [-0.2, 0) is 6.54 Å². The summed E-state index contributed by atoms with van der Waals surface area (Å²) in [7, 11) is 0. The molecule has 3 rings (SSSR count). The molecular weight excluding hydrogens is 226 g/mol. The Morgan fingerprint density at radius 3 is 2.94 bits per heavy atom. The lowest BCUT2D eigenvalue weighted by molar-refractivity contribution is 0.248. The topological polar surface area (TPSA) is 37.3 Å². The van der Waals surface area contributed by atoms with E-state index in [2.05, 4.69) is 10.2 Å². The number of hydrogen-bond acceptors (Lipinski definition) is 3. The van der Waals surface area contributed by atoms with E-state index in [4.69, 9.17) is 0 Å². The molecular formula is C14H21N3O. The van der Waals surface area contributed by atoms with Crippen molar-refractivity contribution >= 4 is 0 Å². The molecule has 0 amide bonds. The number of nitrogens with one attached hydrogen (secondary N) is 1. The van der Waals surface area contributed by atoms with Crippen molar-refractivity contribution in [2.75, 3.05) is 19.6 Å². The van der Waals surface area contributed by atoms with Gasteiger partial charge in [0.1, 0.15) is 0 Å². The van der Waals surface area contributed by atoms with Crippen LogP contribution in [0, 0.1) is 0 Å². The van der Waals surface area contributed by atoms with Crippen molar-refractivity contribution in [1.82, 2.24) is 14.8 Å². The van der Waals surface area contributed by atoms with Crippen molar-refractivity contribution in [3.05, 3.63) is 34.7 Å². The number of fused-ring (bicyclic) bond motifs is 2. The number of aromatic nitrogens is 1. The molecule has 98 valence electrons. The molecule has 0 radical (unpaired) electrons. The highest BCUT2D eigenvalue weighted by Gasteiger charge is 2.28. The molecule has 2 saturated heterocycles. The highest BCUT2D eigenvalue weighted by molar-refractivity contribution is 4.94. The molecule has 2 aliphatic heterocycles. The molecule has 1 N–H and O–H groups in total. The minimum Gasteiger partial charge on any atom is -0.314 e. The van der Waals surface area contributed by atoms with Crippen LogP contribution in [0.15, 0.2) is 29.2 Å². The Morgan fingerprint density at radius 1 is 1.17 bits per heavy atom. The molecule has 0 aromatic carbocycles. The minimum atomic E-state index is 0.104. The van der Waals surface area contributed by atoms with Gasteiger partial charge in [-0.1, -0.05) is 6.07 Å². The van der Waals surface area contributed by atoms with E-state index in [0.717, 1.165) is 32.2 Å². The first kappa shape index (κ1) is 11.9. The minimum absolute atomic E-state index is 0.104. The van der Waals surface area contributed by atoms with Crippen LogP contribution in [-0.4, -0.2) is 41.2 Å². The van der Waals surface area contributed by atoms with Crippen molar-refractivity contribution < 1.29 is 0 Å². The second-order valence-electron chi connectivity index (χ2n) is 5.46. The van der Waals surface area contributed by atoms with Crippen LogP contribution in [0.2, 0.25) is 0 Å². The SMILES string of the molecule is O=c1ccccn1CCN1CCC2CCC(C1)N2. The number of hydrogen-bond donors (Lipinski definition) is 1. The van der Waals surface area contributed by atoms with Gasteiger partial charge in [-0.3, -0.25) is 9.69 Å². The summed E-state index contributed by atoms with van der Waals surface area (Å²) in [6.45, 7) is 4.08. The van der Waals surface area contributed by atoms with Crippen LogP contribution in [0.4, 0.5) is 0 Å². The van der Waals surface area contributed by atoms with Crippen LogP contribution in [0.25, 0.3) is 0 Å². The molecule has 4 heteroatoms. The molecule has 0 spiro atoms. The molecule has 18 heavy (non-hydrogen) atoms. The van der Waals surface area contributed by atoms with E-state index >= 15 is 0 Å². The van der Waals surface area contributed by atoms with Gasteiger partial charge in [0, 0.05) is 44.0 Å². The Kier molecular flexibility index (Phi) is 3.48. The summed E-state index contributed by atoms with van der Waals surface area (Å²) in [5.74, 6) is 0. The Balaban J connectivity index is 1.57. The summed E-state index contributed by atoms with van der Waals surface area (Å²) in [6.07, 6.45) is 5.79. The second-order valence-corrected chi connectivity index (χ2v) is 5.46. The predicted octanol–water partition coefficient (Wildman–Crippen LogP) is 0.675. The number of likely N-dealkylation sites (tertiary alicyclic amines) is 1. The number of rotatable bonds is 3. The third-order valence-corrected chi connectivity index (χ3v) is 4.16. The molecule has 0 aliphatic carbocycles. The fraction of sp³-hybridized carbons (Fsp3) is 0.643. The highest BCUT2D eigenvalue weighted by atomic mass is 16.1. The molecule has 2 aliphatic rings. The predicted molar refractivity (Wildman–Crippen MR) is 71.7 cm³/mol. The lowest BCUT2D eigenvalue weighted by atomic mass is 10.1. The van der Waals surface area contributed by atoms with E-state index in [-0.39, 0.29) is 5.56 Å². The maximum absolute atomic E-state index is 11.6. The average Bonchev–Trinajstić information content (AvgIpc) is 2.70. The molecule has 3 heterocycles. The molecule has 1 aromatic rings. The first-order chi connectivity index (χ1) is 8.81. The largest absolute Gasteiger partial charge is 0.314 e. The number of nitrogens with zero attached hydrogens (tertiary/aromatic N) is 2. The van der Waals surface area contributed by atoms with E-state index in [9.17, 15) is 4.79 Å². The molecule has 1 aromatic heterocycles. The summed E-state index contributed by atoms with van der Waals surface area (Å²) in [4.78, 5) is 14.1. The zero-order valence-corrected chi connectivity index (χ0v) is 10.7. The van der Waals surface area contributed by atoms with Gasteiger partial charge in [-0.25, -0.2) is 0 Å². The van der Waals surface area contributed by atoms with Gasteiger partial charge in [-0.15, -0.1) is 0 Å². The summed E-state index contributed by atoms with van der Waals surface area (Å²) in [5.41, 5.74) is 0.104. The highest BCUT2D eigenvalue weighted by Crippen LogP contribution is 2.20. The smallest absolute Gasteiger partial charge is 0.250 e. The molecule has 0 saturated carbocycles. The third kappa shape index (κ3) is 2.65. The number of pyridine rings is 1. The second kappa shape index (κ2) is 5.24. The lowest BCUT2D eigenvalue weighted by Crippen LogP contribution is -2.37. The lowest BCUT2D eigenvalue weighted by Gasteiger charge is -2.24. The van der Waals surface area contributed by atoms with Crippen LogP contribution in [0.5, 0.6) is 0 Å². The standard InChI is InChI=1S/C14H21N3O/c18-14-3-1-2-7-17(14)10-9-16-8-6-12-4-5-13(11-16)15-12/h1-3,7,12-13,15H,4-6,8-11H2. The van der Waals surface area contributed by atoms with Gasteiger partial charge < -0.3 is 9.88 Å². The van der Waals surface area contributed by atoms with Crippen molar-refractivity contribution in [2.45, 2.75) is 37.9 Å². The zero-order chi connectivity index (χ0) is 12.4. The Bertz CT molecular complexity index is 456. The van der Waals surface area contributed by atoms with E-state index in [1.807, 2.05) is 12.3 Å². The van der Waals surface area contributed by atoms with Gasteiger partial charge in [-0.2, -0.15) is 0 Å². The molecule has 4 nitrogen and oxygen atoms in total. The fourth-order valence-electron chi connectivity index (χ4n) is 3.11. The van der Waals surface area contributed by atoms with E-state index in [1.54, 1.807) is 16.7 Å². The molecule has 2 unspecified atom stereocenters. The summed E-state index contributed by atoms with van der Waals surface area (Å²) in [6, 6.07) is 6.76. The van der Waals surface area contributed by atoms with Gasteiger partial charge in [-0.05, 0) is 31.9 Å². The maximum Gasteiger partial charge on any atom is 0.250 e. The zero-order valence-electron chi connectivity index (χ0n) is 10.7. The normalized spacial score (nSPS) is 28.2. The van der Waals surface area contributed by atoms with Gasteiger partial charge in [0.2, 0.25) is 0 Å². The van der Waals surface area contributed by atoms with E-state index in [1.165, 1.54) is 19.3 Å². The van der Waals surface area contributed by atoms with Crippen LogP contribution in [0.3, 0.4) is 0 Å². The quantitative estimate of drug-likeness (QED) is 0.853. The van der Waals surface area contributed by atoms with E-state index in [0.29, 0.717) is 6.04 Å². The first-order valence-electron chi connectivity index (χ1n) is 6.95. The third-order valence-electron chi connectivity index (χ3n) is 4.16. The van der Waals surface area contributed by atoms with Crippen molar-refractivity contribution in [3.8, 4) is 0 Å². The first-order valence-corrected chi connectivity index (χ1v) is 6.95. The van der Waals surface area contributed by atoms with Crippen LogP contribution >= 0.6 is 0 Å². The molecule has 2 fully saturated rings. The maximum atomic E-state index is 11.6.